The first-order valence-electron chi connectivity index (χ1n) is 12.6. The molecule has 0 radical (unpaired) electrons. The third kappa shape index (κ3) is 6.59. The number of nitrogens with one attached hydrogen (secondary N) is 1. The number of ether oxygens (including phenoxy) is 1. The third-order valence-corrected chi connectivity index (χ3v) is 8.72. The molecule has 192 valence electrons. The number of rotatable bonds is 11. The third-order valence-electron chi connectivity index (χ3n) is 6.95. The highest BCUT2D eigenvalue weighted by Crippen LogP contribution is 2.39. The molecule has 2 aromatic carbocycles. The SMILES string of the molecule is CCCCCC1CCC(c2ccc(-c3nc(SNc4ccc(C(=O)O)cc4OC)cs3)c(F)c2)CC1. The van der Waals surface area contributed by atoms with Crippen molar-refractivity contribution in [2.45, 2.75) is 69.2 Å². The Hall–Kier alpha value is -2.58. The highest BCUT2D eigenvalue weighted by Gasteiger charge is 2.23. The zero-order chi connectivity index (χ0) is 25.5. The molecule has 0 saturated heterocycles. The summed E-state index contributed by atoms with van der Waals surface area (Å²) < 4.78 is 23.6. The van der Waals surface area contributed by atoms with Crippen LogP contribution >= 0.6 is 23.3 Å². The Kier molecular flexibility index (Phi) is 9.26. The summed E-state index contributed by atoms with van der Waals surface area (Å²) in [5.74, 6) is 0.480. The smallest absolute Gasteiger partial charge is 0.335 e. The van der Waals surface area contributed by atoms with Gasteiger partial charge in [0, 0.05) is 22.9 Å². The normalized spacial score (nSPS) is 17.6. The van der Waals surface area contributed by atoms with Gasteiger partial charge in [0.05, 0.1) is 18.4 Å². The maximum absolute atomic E-state index is 15.1. The Bertz CT molecular complexity index is 1180. The number of benzene rings is 2. The van der Waals surface area contributed by atoms with Crippen LogP contribution in [0.15, 0.2) is 46.8 Å². The topological polar surface area (TPSA) is 71.5 Å². The van der Waals surface area contributed by atoms with Crippen LogP contribution in [0.1, 0.15) is 80.1 Å². The number of carboxylic acids is 1. The number of thiazole rings is 1. The monoisotopic (exact) mass is 528 g/mol. The zero-order valence-electron chi connectivity index (χ0n) is 20.8. The molecule has 5 nitrogen and oxygen atoms in total. The summed E-state index contributed by atoms with van der Waals surface area (Å²) in [6.45, 7) is 2.25. The summed E-state index contributed by atoms with van der Waals surface area (Å²) in [6.07, 6.45) is 10.1. The van der Waals surface area contributed by atoms with E-state index in [1.807, 2.05) is 11.4 Å². The second-order valence-corrected chi connectivity index (χ2v) is 11.1. The number of carboxylic acid groups (broad SMARTS) is 1. The van der Waals surface area contributed by atoms with Gasteiger partial charge in [0.15, 0.2) is 0 Å². The van der Waals surface area contributed by atoms with E-state index < -0.39 is 5.97 Å². The lowest BCUT2D eigenvalue weighted by Crippen LogP contribution is -2.13. The van der Waals surface area contributed by atoms with Gasteiger partial charge in [-0.05, 0) is 73.4 Å². The molecular weight excluding hydrogens is 495 g/mol. The molecule has 1 fully saturated rings. The molecule has 1 aliphatic rings. The highest BCUT2D eigenvalue weighted by molar-refractivity contribution is 8.00. The van der Waals surface area contributed by atoms with Crippen LogP contribution < -0.4 is 9.46 Å². The van der Waals surface area contributed by atoms with Crippen molar-refractivity contribution in [1.29, 1.82) is 0 Å². The maximum Gasteiger partial charge on any atom is 0.335 e. The fourth-order valence-electron chi connectivity index (χ4n) is 4.87. The molecule has 36 heavy (non-hydrogen) atoms. The predicted molar refractivity (Wildman–Crippen MR) is 146 cm³/mol. The van der Waals surface area contributed by atoms with Gasteiger partial charge in [0.1, 0.15) is 21.6 Å². The number of aromatic nitrogens is 1. The van der Waals surface area contributed by atoms with E-state index >= 15 is 4.39 Å². The van der Waals surface area contributed by atoms with Gasteiger partial charge in [-0.15, -0.1) is 11.3 Å². The molecule has 1 aromatic heterocycles. The molecule has 8 heteroatoms. The van der Waals surface area contributed by atoms with Gasteiger partial charge in [0.25, 0.3) is 0 Å². The Morgan fingerprint density at radius 1 is 1.19 bits per heavy atom. The molecule has 0 atom stereocenters. The van der Waals surface area contributed by atoms with E-state index in [9.17, 15) is 4.79 Å². The average molecular weight is 529 g/mol. The van der Waals surface area contributed by atoms with E-state index in [-0.39, 0.29) is 11.4 Å². The van der Waals surface area contributed by atoms with E-state index in [1.165, 1.54) is 81.1 Å². The van der Waals surface area contributed by atoms with Crippen molar-refractivity contribution in [1.82, 2.24) is 4.98 Å². The van der Waals surface area contributed by atoms with E-state index in [2.05, 4.69) is 22.7 Å². The van der Waals surface area contributed by atoms with Gasteiger partial charge < -0.3 is 14.6 Å². The van der Waals surface area contributed by atoms with Crippen molar-refractivity contribution >= 4 is 34.9 Å². The van der Waals surface area contributed by atoms with Crippen LogP contribution in [0.3, 0.4) is 0 Å². The van der Waals surface area contributed by atoms with Crippen LogP contribution in [0, 0.1) is 11.7 Å². The number of hydrogen-bond donors (Lipinski definition) is 2. The van der Waals surface area contributed by atoms with Crippen molar-refractivity contribution in [3.05, 3.63) is 58.7 Å². The number of aromatic carboxylic acids is 1. The summed E-state index contributed by atoms with van der Waals surface area (Å²) in [5.41, 5.74) is 2.41. The van der Waals surface area contributed by atoms with Crippen molar-refractivity contribution in [2.75, 3.05) is 11.8 Å². The van der Waals surface area contributed by atoms with Crippen LogP contribution in [-0.4, -0.2) is 23.2 Å². The fraction of sp³-hybridized carbons (Fsp3) is 0.429. The number of nitrogens with zero attached hydrogens (tertiary/aromatic N) is 1. The Morgan fingerprint density at radius 3 is 2.69 bits per heavy atom. The molecule has 0 amide bonds. The Labute approximate surface area is 220 Å². The molecule has 1 saturated carbocycles. The molecule has 2 N–H and O–H groups in total. The van der Waals surface area contributed by atoms with Gasteiger partial charge in [-0.2, -0.15) is 0 Å². The minimum Gasteiger partial charge on any atom is -0.495 e. The number of carbonyl (C=O) groups is 1. The average Bonchev–Trinajstić information content (AvgIpc) is 3.36. The summed E-state index contributed by atoms with van der Waals surface area (Å²) >= 11 is 2.67. The minimum atomic E-state index is -1.01. The van der Waals surface area contributed by atoms with E-state index in [0.717, 1.165) is 24.3 Å². The van der Waals surface area contributed by atoms with E-state index in [4.69, 9.17) is 9.84 Å². The van der Waals surface area contributed by atoms with Crippen LogP contribution in [0.5, 0.6) is 5.75 Å². The standard InChI is InChI=1S/C28H33FN2O3S2/c1-3-4-5-6-18-7-9-19(10-8-18)20-11-13-22(23(29)15-20)27-30-26(17-35-27)36-31-24-14-12-21(28(32)33)16-25(24)34-2/h11-19,31H,3-10H2,1-2H3,(H,32,33). The molecule has 4 rings (SSSR count). The quantitative estimate of drug-likeness (QED) is 0.192. The van der Waals surface area contributed by atoms with Crippen LogP contribution in [0.25, 0.3) is 10.6 Å². The summed E-state index contributed by atoms with van der Waals surface area (Å²) in [6, 6.07) is 10.3. The molecule has 0 bridgehead atoms. The molecule has 1 aliphatic carbocycles. The van der Waals surface area contributed by atoms with Crippen LogP contribution in [-0.2, 0) is 0 Å². The predicted octanol–water partition coefficient (Wildman–Crippen LogP) is 8.63. The maximum atomic E-state index is 15.1. The van der Waals surface area contributed by atoms with Crippen molar-refractivity contribution in [3.8, 4) is 16.3 Å². The Balaban J connectivity index is 1.36. The Morgan fingerprint density at radius 2 is 2.00 bits per heavy atom. The number of methoxy groups -OCH3 is 1. The van der Waals surface area contributed by atoms with Gasteiger partial charge in [-0.1, -0.05) is 38.7 Å². The molecule has 0 spiro atoms. The largest absolute Gasteiger partial charge is 0.495 e. The van der Waals surface area contributed by atoms with Crippen molar-refractivity contribution in [3.63, 3.8) is 0 Å². The number of unbranched alkanes of at least 4 members (excludes halogenated alkanes) is 2. The summed E-state index contributed by atoms with van der Waals surface area (Å²) in [4.78, 5) is 15.8. The summed E-state index contributed by atoms with van der Waals surface area (Å²) in [5, 5.41) is 12.4. The molecule has 3 aromatic rings. The number of anilines is 1. The molecular formula is C28H33FN2O3S2. The van der Waals surface area contributed by atoms with Crippen molar-refractivity contribution < 1.29 is 19.0 Å². The second kappa shape index (κ2) is 12.6. The number of hydrogen-bond acceptors (Lipinski definition) is 6. The zero-order valence-corrected chi connectivity index (χ0v) is 22.4. The van der Waals surface area contributed by atoms with Crippen LogP contribution in [0.4, 0.5) is 10.1 Å². The molecule has 0 unspecified atom stereocenters. The van der Waals surface area contributed by atoms with E-state index in [0.29, 0.717) is 33.0 Å². The number of halogens is 1. The van der Waals surface area contributed by atoms with Gasteiger partial charge in [0.2, 0.25) is 0 Å². The van der Waals surface area contributed by atoms with E-state index in [1.54, 1.807) is 12.1 Å². The van der Waals surface area contributed by atoms with Crippen LogP contribution in [0.2, 0.25) is 0 Å². The lowest BCUT2D eigenvalue weighted by molar-refractivity contribution is 0.0696. The first-order valence-corrected chi connectivity index (χ1v) is 14.3. The minimum absolute atomic E-state index is 0.150. The lowest BCUT2D eigenvalue weighted by atomic mass is 9.77. The first kappa shape index (κ1) is 26.5. The van der Waals surface area contributed by atoms with Gasteiger partial charge in [-0.3, -0.25) is 0 Å². The molecule has 0 aliphatic heterocycles. The highest BCUT2D eigenvalue weighted by atomic mass is 32.2. The van der Waals surface area contributed by atoms with Gasteiger partial charge in [-0.25, -0.2) is 14.2 Å². The van der Waals surface area contributed by atoms with Gasteiger partial charge >= 0.3 is 5.97 Å². The van der Waals surface area contributed by atoms with Crippen molar-refractivity contribution in [2.24, 2.45) is 5.92 Å². The molecule has 1 heterocycles. The second-order valence-electron chi connectivity index (χ2n) is 9.37. The fourth-order valence-corrected chi connectivity index (χ4v) is 6.50. The summed E-state index contributed by atoms with van der Waals surface area (Å²) in [7, 11) is 1.49. The lowest BCUT2D eigenvalue weighted by Gasteiger charge is -2.29. The first-order chi connectivity index (χ1) is 17.5.